The van der Waals surface area contributed by atoms with Gasteiger partial charge in [-0.15, -0.1) is 0 Å². The number of nitrogens with two attached hydrogens (primary N) is 1. The van der Waals surface area contributed by atoms with Gasteiger partial charge in [0.25, 0.3) is 5.78 Å². The highest BCUT2D eigenvalue weighted by molar-refractivity contribution is 7.80. The first-order valence-corrected chi connectivity index (χ1v) is 20.2. The maximum absolute atomic E-state index is 12.7. The molecule has 2 aromatic heterocycles. The summed E-state index contributed by atoms with van der Waals surface area (Å²) in [4.78, 5) is 87.4. The Labute approximate surface area is 306 Å². The Morgan fingerprint density at radius 2 is 1.77 bits per heavy atom. The van der Waals surface area contributed by atoms with E-state index >= 15 is 0 Å². The van der Waals surface area contributed by atoms with Gasteiger partial charge in [0, 0.05) is 30.7 Å². The molecule has 2 aromatic rings. The zero-order chi connectivity index (χ0) is 39.9. The molecule has 2 amide bonds. The number of amides is 2. The van der Waals surface area contributed by atoms with Crippen molar-refractivity contribution in [3.05, 3.63) is 12.2 Å². The number of anilines is 1. The highest BCUT2D eigenvalue weighted by Crippen LogP contribution is 2.61. The van der Waals surface area contributed by atoms with E-state index in [1.54, 1.807) is 0 Å². The number of Topliss-reactive ketones (excluding diaryl/α,β-unsaturated/α-hetero) is 1. The van der Waals surface area contributed by atoms with Crippen molar-refractivity contribution >= 4 is 70.7 Å². The molecule has 3 rings (SSSR count). The van der Waals surface area contributed by atoms with E-state index in [-0.39, 0.29) is 35.9 Å². The lowest BCUT2D eigenvalue weighted by Crippen LogP contribution is -2.46. The van der Waals surface area contributed by atoms with Crippen LogP contribution in [0.15, 0.2) is 6.33 Å². The molecular formula is C25H38N7O17P3S. The molecule has 1 aliphatic heterocycles. The molecule has 0 aromatic carbocycles. The van der Waals surface area contributed by atoms with E-state index in [2.05, 4.69) is 58.9 Å². The number of hydrogen-bond donors (Lipinski definition) is 10. The molecule has 1 aliphatic rings. The third kappa shape index (κ3) is 12.6. The Morgan fingerprint density at radius 1 is 1.11 bits per heavy atom. The lowest BCUT2D eigenvalue weighted by Gasteiger charge is -2.30. The number of aromatic nitrogens is 4. The number of phosphoric acid groups is 3. The summed E-state index contributed by atoms with van der Waals surface area (Å²) < 4.78 is 62.0. The summed E-state index contributed by atoms with van der Waals surface area (Å²) in [7, 11) is -16.5. The lowest BCUT2D eigenvalue weighted by atomic mass is 9.87. The smallest absolute Gasteiger partial charge is 0.386 e. The third-order valence-electron chi connectivity index (χ3n) is 7.01. The summed E-state index contributed by atoms with van der Waals surface area (Å²) in [5, 5.41) is 26.3. The Morgan fingerprint density at radius 3 is 2.40 bits per heavy atom. The molecule has 28 heteroatoms. The number of ether oxygens (including phenoxy) is 1. The van der Waals surface area contributed by atoms with Crippen molar-refractivity contribution in [2.24, 2.45) is 5.41 Å². The number of fused-ring (bicyclic) bond motifs is 1. The molecule has 2 unspecified atom stereocenters. The second-order valence-electron chi connectivity index (χ2n) is 11.7. The number of hydrogen-bond acceptors (Lipinski definition) is 18. The van der Waals surface area contributed by atoms with Gasteiger partial charge >= 0.3 is 23.5 Å². The third-order valence-corrected chi connectivity index (χ3v) is 10.3. The van der Waals surface area contributed by atoms with Gasteiger partial charge in [0.1, 0.15) is 29.9 Å². The van der Waals surface area contributed by atoms with Crippen LogP contribution in [-0.4, -0.2) is 123 Å². The van der Waals surface area contributed by atoms with Gasteiger partial charge in [0.2, 0.25) is 17.6 Å². The highest BCUT2D eigenvalue weighted by Gasteiger charge is 2.50. The summed E-state index contributed by atoms with van der Waals surface area (Å²) in [6, 6.07) is 0. The van der Waals surface area contributed by atoms with Crippen LogP contribution in [0.5, 0.6) is 0 Å². The van der Waals surface area contributed by atoms with E-state index in [1.807, 2.05) is 0 Å². The molecule has 7 atom stereocenters. The minimum atomic E-state index is -5.61. The second kappa shape index (κ2) is 18.2. The number of rotatable bonds is 19. The lowest BCUT2D eigenvalue weighted by molar-refractivity contribution is -0.137. The number of imidazole rings is 1. The molecule has 3 heterocycles. The first kappa shape index (κ1) is 44.5. The molecule has 0 saturated carbocycles. The van der Waals surface area contributed by atoms with Gasteiger partial charge in [-0.25, -0.2) is 28.6 Å². The Hall–Kier alpha value is -2.88. The fraction of sp³-hybridized carbons (Fsp3) is 0.600. The van der Waals surface area contributed by atoms with Crippen LogP contribution in [0.4, 0.5) is 5.82 Å². The summed E-state index contributed by atoms with van der Waals surface area (Å²) in [6.07, 6.45) is -8.44. The first-order chi connectivity index (χ1) is 24.5. The standard InChI is InChI=1S/C25H38N7O17P3S/c1-4-5-13(33)21-30-20(26)16-22(31-21)32(12-29-16)24-17(35)18(48-50(38,39)40)14(47-24)10-45-51(41,42)49-52(43,44)46-11-25(2,3)19(36)23(37)28-7-6-15(34)27-8-9-53/h12,14,17-19,24,35-36,53H,6-11H2,1-3H3,(H,27,34)(H,28,37)(H,41,42)(H,43,44)(H2,26,30,31)(H2,38,39,40)/t14-,17-,18-,19+,24-/m1/s1. The number of carbonyl (C=O) groups excluding carboxylic acids is 3. The molecule has 24 nitrogen and oxygen atoms in total. The van der Waals surface area contributed by atoms with Crippen molar-refractivity contribution in [1.29, 1.82) is 0 Å². The molecule has 0 aliphatic carbocycles. The minimum Gasteiger partial charge on any atom is -0.386 e. The van der Waals surface area contributed by atoms with Crippen LogP contribution in [0.1, 0.15) is 44.0 Å². The molecule has 0 spiro atoms. The van der Waals surface area contributed by atoms with Crippen molar-refractivity contribution < 1.29 is 80.5 Å². The maximum Gasteiger partial charge on any atom is 0.481 e. The van der Waals surface area contributed by atoms with Gasteiger partial charge in [0.15, 0.2) is 17.7 Å². The van der Waals surface area contributed by atoms with Crippen molar-refractivity contribution in [2.75, 3.05) is 37.8 Å². The molecule has 0 bridgehead atoms. The minimum absolute atomic E-state index is 0.0817. The van der Waals surface area contributed by atoms with E-state index in [1.165, 1.54) is 20.8 Å². The molecular weight excluding hydrogens is 795 g/mol. The number of aliphatic hydroxyl groups is 2. The van der Waals surface area contributed by atoms with E-state index in [0.29, 0.717) is 12.3 Å². The molecule has 1 fully saturated rings. The van der Waals surface area contributed by atoms with Crippen molar-refractivity contribution in [3.63, 3.8) is 0 Å². The highest BCUT2D eigenvalue weighted by atomic mass is 32.1. The number of thiol groups is 1. The van der Waals surface area contributed by atoms with Crippen LogP contribution in [0.25, 0.3) is 11.2 Å². The topological polar surface area (TPSA) is 364 Å². The largest absolute Gasteiger partial charge is 0.481 e. The average molecular weight is 834 g/mol. The molecule has 296 valence electrons. The number of nitrogens with one attached hydrogen (secondary N) is 2. The fourth-order valence-electron chi connectivity index (χ4n) is 4.47. The number of phosphoric ester groups is 3. The molecule has 1 saturated heterocycles. The van der Waals surface area contributed by atoms with Gasteiger partial charge in [-0.2, -0.15) is 16.9 Å². The zero-order valence-corrected chi connectivity index (χ0v) is 31.6. The normalized spacial score (nSPS) is 21.9. The number of aliphatic hydroxyl groups excluding tert-OH is 2. The number of carbonyl (C=O) groups is 3. The number of ketones is 1. The Kier molecular flexibility index (Phi) is 15.3. The molecule has 10 N–H and O–H groups in total. The Balaban J connectivity index is 1.69. The van der Waals surface area contributed by atoms with Crippen molar-refractivity contribution in [3.8, 4) is 11.8 Å². The fourth-order valence-corrected chi connectivity index (χ4v) is 7.42. The van der Waals surface area contributed by atoms with Crippen LogP contribution in [0.3, 0.4) is 0 Å². The van der Waals surface area contributed by atoms with Crippen LogP contribution in [0, 0.1) is 17.3 Å². The van der Waals surface area contributed by atoms with E-state index in [0.717, 1.165) is 10.9 Å². The first-order valence-electron chi connectivity index (χ1n) is 15.0. The van der Waals surface area contributed by atoms with Crippen molar-refractivity contribution in [2.45, 2.75) is 57.8 Å². The number of nitrogens with zero attached hydrogens (tertiary/aromatic N) is 4. The summed E-state index contributed by atoms with van der Waals surface area (Å²) in [5.74, 6) is 2.07. The Bertz CT molecular complexity index is 1880. The van der Waals surface area contributed by atoms with E-state index in [9.17, 15) is 57.9 Å². The monoisotopic (exact) mass is 833 g/mol. The van der Waals surface area contributed by atoms with Crippen LogP contribution in [0.2, 0.25) is 0 Å². The van der Waals surface area contributed by atoms with E-state index in [4.69, 9.17) is 19.5 Å². The van der Waals surface area contributed by atoms with Crippen LogP contribution in [-0.2, 0) is 45.9 Å². The molecule has 0 radical (unpaired) electrons. The second-order valence-corrected chi connectivity index (χ2v) is 16.4. The summed E-state index contributed by atoms with van der Waals surface area (Å²) in [5.41, 5.74) is 3.99. The van der Waals surface area contributed by atoms with Gasteiger partial charge < -0.3 is 50.9 Å². The average Bonchev–Trinajstić information content (AvgIpc) is 3.61. The summed E-state index contributed by atoms with van der Waals surface area (Å²) >= 11 is 3.95. The quantitative estimate of drug-likeness (QED) is 0.0254. The van der Waals surface area contributed by atoms with Crippen LogP contribution >= 0.6 is 36.1 Å². The SMILES string of the molecule is CC#CC(=O)c1nc(N)c2ncn([C@@H]3O[C@H](COP(=O)(O)OP(=O)(O)OCC(C)(C)[C@@H](O)C(=O)NCCC(=O)NCCS)[C@@H](OP(=O)(O)O)[C@H]3O)c2n1. The maximum atomic E-state index is 12.7. The van der Waals surface area contributed by atoms with Gasteiger partial charge in [-0.1, -0.05) is 19.8 Å². The number of nitrogen functional groups attached to an aromatic ring is 1. The van der Waals surface area contributed by atoms with Crippen LogP contribution < -0.4 is 16.4 Å². The zero-order valence-electron chi connectivity index (χ0n) is 28.0. The van der Waals surface area contributed by atoms with Crippen molar-refractivity contribution in [1.82, 2.24) is 30.2 Å². The predicted molar refractivity (Wildman–Crippen MR) is 181 cm³/mol. The van der Waals surface area contributed by atoms with E-state index < -0.39 is 90.3 Å². The van der Waals surface area contributed by atoms with Gasteiger partial charge in [-0.05, 0) is 12.8 Å². The molecule has 53 heavy (non-hydrogen) atoms. The van der Waals surface area contributed by atoms with Gasteiger partial charge in [0.05, 0.1) is 19.5 Å². The summed E-state index contributed by atoms with van der Waals surface area (Å²) in [6.45, 7) is 1.94. The predicted octanol–water partition coefficient (Wildman–Crippen LogP) is -1.46. The van der Waals surface area contributed by atoms with Gasteiger partial charge in [-0.3, -0.25) is 32.5 Å².